The van der Waals surface area contributed by atoms with E-state index >= 15 is 0 Å². The van der Waals surface area contributed by atoms with Crippen LogP contribution in [0.25, 0.3) is 0 Å². The number of hydrogen-bond acceptors (Lipinski definition) is 3. The lowest BCUT2D eigenvalue weighted by atomic mass is 9.94. The van der Waals surface area contributed by atoms with Gasteiger partial charge < -0.3 is 10.5 Å². The van der Waals surface area contributed by atoms with Gasteiger partial charge in [0.1, 0.15) is 0 Å². The van der Waals surface area contributed by atoms with Gasteiger partial charge in [0.2, 0.25) is 0 Å². The quantitative estimate of drug-likeness (QED) is 0.654. The van der Waals surface area contributed by atoms with Gasteiger partial charge in [-0.2, -0.15) is 0 Å². The first-order valence-electron chi connectivity index (χ1n) is 6.40. The third-order valence-electron chi connectivity index (χ3n) is 3.28. The standard InChI is InChI=1S/C12H26N2O/c1-2-14(9-11-15-10-8-13)12-6-4-3-5-7-12/h12H,2-11,13H2,1H3. The molecule has 0 radical (unpaired) electrons. The fraction of sp³-hybridized carbons (Fsp3) is 1.00. The lowest BCUT2D eigenvalue weighted by Gasteiger charge is -2.33. The van der Waals surface area contributed by atoms with E-state index in [4.69, 9.17) is 10.5 Å². The predicted molar refractivity (Wildman–Crippen MR) is 64.0 cm³/mol. The third kappa shape index (κ3) is 4.96. The van der Waals surface area contributed by atoms with Gasteiger partial charge in [-0.25, -0.2) is 0 Å². The highest BCUT2D eigenvalue weighted by molar-refractivity contribution is 4.74. The minimum Gasteiger partial charge on any atom is -0.379 e. The summed E-state index contributed by atoms with van der Waals surface area (Å²) < 4.78 is 5.44. The number of nitrogens with zero attached hydrogens (tertiary/aromatic N) is 1. The van der Waals surface area contributed by atoms with E-state index in [1.54, 1.807) is 0 Å². The molecule has 1 aliphatic rings. The second-order valence-electron chi connectivity index (χ2n) is 4.32. The van der Waals surface area contributed by atoms with Crippen LogP contribution in [-0.2, 0) is 4.74 Å². The molecule has 0 aromatic heterocycles. The Morgan fingerprint density at radius 3 is 2.53 bits per heavy atom. The van der Waals surface area contributed by atoms with E-state index in [1.807, 2.05) is 0 Å². The van der Waals surface area contributed by atoms with Crippen LogP contribution in [0.2, 0.25) is 0 Å². The zero-order valence-corrected chi connectivity index (χ0v) is 10.1. The van der Waals surface area contributed by atoms with Gasteiger partial charge in [0, 0.05) is 19.1 Å². The molecule has 0 saturated heterocycles. The van der Waals surface area contributed by atoms with Crippen molar-refractivity contribution in [2.24, 2.45) is 5.73 Å². The average molecular weight is 214 g/mol. The molecule has 0 spiro atoms. The molecule has 2 N–H and O–H groups in total. The van der Waals surface area contributed by atoms with E-state index < -0.39 is 0 Å². The summed E-state index contributed by atoms with van der Waals surface area (Å²) in [6.45, 7) is 6.63. The number of nitrogens with two attached hydrogens (primary N) is 1. The molecule has 0 unspecified atom stereocenters. The minimum atomic E-state index is 0.634. The van der Waals surface area contributed by atoms with Crippen molar-refractivity contribution in [3.05, 3.63) is 0 Å². The lowest BCUT2D eigenvalue weighted by Crippen LogP contribution is -2.39. The van der Waals surface area contributed by atoms with Crippen LogP contribution in [0.15, 0.2) is 0 Å². The Bertz CT molecular complexity index is 147. The van der Waals surface area contributed by atoms with Crippen LogP contribution in [0.5, 0.6) is 0 Å². The summed E-state index contributed by atoms with van der Waals surface area (Å²) in [6, 6.07) is 0.810. The van der Waals surface area contributed by atoms with Gasteiger partial charge >= 0.3 is 0 Å². The molecule has 1 aliphatic carbocycles. The van der Waals surface area contributed by atoms with Crippen molar-refractivity contribution in [3.8, 4) is 0 Å². The van der Waals surface area contributed by atoms with Gasteiger partial charge in [0.25, 0.3) is 0 Å². The Balaban J connectivity index is 2.15. The summed E-state index contributed by atoms with van der Waals surface area (Å²) in [7, 11) is 0. The Morgan fingerprint density at radius 1 is 1.20 bits per heavy atom. The molecule has 3 heteroatoms. The van der Waals surface area contributed by atoms with E-state index in [2.05, 4.69) is 11.8 Å². The van der Waals surface area contributed by atoms with Gasteiger partial charge in [-0.3, -0.25) is 4.90 Å². The normalized spacial score (nSPS) is 18.6. The van der Waals surface area contributed by atoms with E-state index in [0.29, 0.717) is 13.2 Å². The maximum atomic E-state index is 5.44. The van der Waals surface area contributed by atoms with Crippen LogP contribution in [0.1, 0.15) is 39.0 Å². The molecule has 0 bridgehead atoms. The van der Waals surface area contributed by atoms with Crippen molar-refractivity contribution >= 4 is 0 Å². The summed E-state index contributed by atoms with van der Waals surface area (Å²) in [6.07, 6.45) is 7.00. The SMILES string of the molecule is CCN(CCOCCN)C1CCCCC1. The van der Waals surface area contributed by atoms with E-state index in [9.17, 15) is 0 Å². The fourth-order valence-corrected chi connectivity index (χ4v) is 2.41. The first kappa shape index (κ1) is 12.9. The lowest BCUT2D eigenvalue weighted by molar-refractivity contribution is 0.0828. The third-order valence-corrected chi connectivity index (χ3v) is 3.28. The van der Waals surface area contributed by atoms with Gasteiger partial charge in [0.15, 0.2) is 0 Å². The van der Waals surface area contributed by atoms with Crippen molar-refractivity contribution in [2.75, 3.05) is 32.8 Å². The summed E-state index contributed by atoms with van der Waals surface area (Å²) in [5.74, 6) is 0. The van der Waals surface area contributed by atoms with Crippen LogP contribution in [-0.4, -0.2) is 43.8 Å². The minimum absolute atomic E-state index is 0.634. The number of rotatable bonds is 7. The van der Waals surface area contributed by atoms with Crippen LogP contribution in [0.4, 0.5) is 0 Å². The second-order valence-corrected chi connectivity index (χ2v) is 4.32. The zero-order chi connectivity index (χ0) is 10.9. The topological polar surface area (TPSA) is 38.5 Å². The highest BCUT2D eigenvalue weighted by Crippen LogP contribution is 2.22. The second kappa shape index (κ2) is 8.08. The molecule has 3 nitrogen and oxygen atoms in total. The molecule has 90 valence electrons. The molecule has 0 aromatic rings. The van der Waals surface area contributed by atoms with Crippen molar-refractivity contribution in [1.82, 2.24) is 4.90 Å². The highest BCUT2D eigenvalue weighted by atomic mass is 16.5. The van der Waals surface area contributed by atoms with Crippen LogP contribution >= 0.6 is 0 Å². The summed E-state index contributed by atoms with van der Waals surface area (Å²) in [5, 5.41) is 0. The van der Waals surface area contributed by atoms with E-state index in [0.717, 1.165) is 25.7 Å². The molecule has 15 heavy (non-hydrogen) atoms. The maximum absolute atomic E-state index is 5.44. The van der Waals surface area contributed by atoms with E-state index in [-0.39, 0.29) is 0 Å². The molecular formula is C12H26N2O. The summed E-state index contributed by atoms with van der Waals surface area (Å²) in [4.78, 5) is 2.57. The van der Waals surface area contributed by atoms with Gasteiger partial charge in [-0.1, -0.05) is 26.2 Å². The van der Waals surface area contributed by atoms with Crippen LogP contribution in [0.3, 0.4) is 0 Å². The Kier molecular flexibility index (Phi) is 6.98. The average Bonchev–Trinajstić information content (AvgIpc) is 2.30. The fourth-order valence-electron chi connectivity index (χ4n) is 2.41. The predicted octanol–water partition coefficient (Wildman–Crippen LogP) is 1.62. The van der Waals surface area contributed by atoms with E-state index in [1.165, 1.54) is 32.1 Å². The molecule has 0 aliphatic heterocycles. The Labute approximate surface area is 94.0 Å². The molecule has 0 amide bonds. The molecule has 1 saturated carbocycles. The Hall–Kier alpha value is -0.120. The van der Waals surface area contributed by atoms with Crippen molar-refractivity contribution < 1.29 is 4.74 Å². The highest BCUT2D eigenvalue weighted by Gasteiger charge is 2.19. The van der Waals surface area contributed by atoms with Crippen molar-refractivity contribution in [1.29, 1.82) is 0 Å². The number of ether oxygens (including phenoxy) is 1. The first-order chi connectivity index (χ1) is 7.38. The van der Waals surface area contributed by atoms with Crippen LogP contribution in [0, 0.1) is 0 Å². The van der Waals surface area contributed by atoms with Crippen molar-refractivity contribution in [2.45, 2.75) is 45.1 Å². The molecule has 0 atom stereocenters. The molecule has 0 aromatic carbocycles. The van der Waals surface area contributed by atoms with Crippen molar-refractivity contribution in [3.63, 3.8) is 0 Å². The van der Waals surface area contributed by atoms with Crippen LogP contribution < -0.4 is 5.73 Å². The monoisotopic (exact) mass is 214 g/mol. The molecule has 1 rings (SSSR count). The maximum Gasteiger partial charge on any atom is 0.0594 e. The van der Waals surface area contributed by atoms with Gasteiger partial charge in [0.05, 0.1) is 13.2 Å². The summed E-state index contributed by atoms with van der Waals surface area (Å²) >= 11 is 0. The smallest absolute Gasteiger partial charge is 0.0594 e. The number of hydrogen-bond donors (Lipinski definition) is 1. The van der Waals surface area contributed by atoms with Gasteiger partial charge in [-0.15, -0.1) is 0 Å². The zero-order valence-electron chi connectivity index (χ0n) is 10.1. The largest absolute Gasteiger partial charge is 0.379 e. The summed E-state index contributed by atoms with van der Waals surface area (Å²) in [5.41, 5.74) is 5.38. The number of likely N-dealkylation sites (N-methyl/N-ethyl adjacent to an activating group) is 1. The first-order valence-corrected chi connectivity index (χ1v) is 6.40. The Morgan fingerprint density at radius 2 is 1.93 bits per heavy atom. The molecule has 1 fully saturated rings. The molecule has 0 heterocycles. The van der Waals surface area contributed by atoms with Gasteiger partial charge in [-0.05, 0) is 19.4 Å². The molecular weight excluding hydrogens is 188 g/mol.